The van der Waals surface area contributed by atoms with E-state index in [4.69, 9.17) is 53.8 Å². The van der Waals surface area contributed by atoms with Gasteiger partial charge in [0.1, 0.15) is 31.2 Å². The molecule has 0 radical (unpaired) electrons. The van der Waals surface area contributed by atoms with E-state index in [0.717, 1.165) is 50.8 Å². The average molecular weight is 847 g/mol. The van der Waals surface area contributed by atoms with Gasteiger partial charge in [0.25, 0.3) is 17.6 Å². The largest absolute Gasteiger partial charge is 0.488 e. The van der Waals surface area contributed by atoms with Gasteiger partial charge >= 0.3 is 29.8 Å². The van der Waals surface area contributed by atoms with Gasteiger partial charge < -0.3 is 58.0 Å². The zero-order valence-corrected chi connectivity index (χ0v) is 33.9. The zero-order chi connectivity index (χ0) is 43.1. The number of para-hydroxylation sites is 1. The van der Waals surface area contributed by atoms with Gasteiger partial charge in [-0.05, 0) is 18.2 Å². The lowest BCUT2D eigenvalue weighted by molar-refractivity contribution is -0.315. The van der Waals surface area contributed by atoms with Crippen molar-refractivity contribution < 1.29 is 80.9 Å². The van der Waals surface area contributed by atoms with Gasteiger partial charge in [0, 0.05) is 43.7 Å². The molecule has 320 valence electrons. The van der Waals surface area contributed by atoms with Crippen LogP contribution in [-0.4, -0.2) is 131 Å². The number of carbonyl (C=O) groups excluding carboxylic acids is 7. The SMILES string of the molecule is C#CCOCCOCCO[C@]1(C(=O)OC)C[C@H](OC(C)=O)[C@@H](NC(=O)COC(C)=O)[C@H](C(OC(C)=O)[C@@H](CNC(=O)c2cc3c(s2)-c2ccccc2OC3)OC(C)=O)O1. The molecule has 2 amide bonds. The molecule has 1 fully saturated rings. The standard InChI is InChI=1S/C39H46N2O17S/c1-7-12-50-13-14-51-15-16-54-39(38(48)49-6)18-29(55-23(3)43)33(41-32(46)21-52-22(2)42)35(58-39)34(57-25(5)45)30(56-24(4)44)19-40-37(47)31-17-26-20-53-28-11-9-8-10-27(28)36(26)59-31/h1,8-11,17,29-30,33-35H,12-16,18-21H2,2-6H3,(H,40,47)(H,41,46)/t29-,30+,33+,34?,35+,39+/m0/s1. The van der Waals surface area contributed by atoms with Gasteiger partial charge in [-0.1, -0.05) is 18.1 Å². The first-order chi connectivity index (χ1) is 28.2. The van der Waals surface area contributed by atoms with Crippen molar-refractivity contribution in [2.24, 2.45) is 0 Å². The first kappa shape index (κ1) is 46.1. The van der Waals surface area contributed by atoms with E-state index in [-0.39, 0.29) is 44.5 Å². The third-order valence-corrected chi connectivity index (χ3v) is 9.75. The van der Waals surface area contributed by atoms with Crippen LogP contribution in [0.25, 0.3) is 10.4 Å². The van der Waals surface area contributed by atoms with Crippen molar-refractivity contribution in [2.75, 3.05) is 53.3 Å². The van der Waals surface area contributed by atoms with E-state index in [1.807, 2.05) is 24.3 Å². The summed E-state index contributed by atoms with van der Waals surface area (Å²) in [6.07, 6.45) is -2.07. The van der Waals surface area contributed by atoms with E-state index in [1.165, 1.54) is 11.3 Å². The molecule has 1 unspecified atom stereocenters. The Bertz CT molecular complexity index is 1890. The lowest BCUT2D eigenvalue weighted by atomic mass is 9.87. The predicted molar refractivity (Wildman–Crippen MR) is 202 cm³/mol. The summed E-state index contributed by atoms with van der Waals surface area (Å²) in [7, 11) is 1.03. The van der Waals surface area contributed by atoms with Crippen LogP contribution in [0.1, 0.15) is 49.4 Å². The molecule has 0 aliphatic carbocycles. The van der Waals surface area contributed by atoms with Crippen LogP contribution in [0.15, 0.2) is 30.3 Å². The molecular weight excluding hydrogens is 800 g/mol. The number of benzene rings is 1. The molecule has 0 bridgehead atoms. The van der Waals surface area contributed by atoms with E-state index in [0.29, 0.717) is 5.75 Å². The minimum absolute atomic E-state index is 0.0680. The van der Waals surface area contributed by atoms with Crippen molar-refractivity contribution in [1.29, 1.82) is 0 Å². The fourth-order valence-corrected chi connectivity index (χ4v) is 7.36. The number of carbonyl (C=O) groups is 7. The average Bonchev–Trinajstić information content (AvgIpc) is 3.64. The van der Waals surface area contributed by atoms with Crippen LogP contribution in [0.2, 0.25) is 0 Å². The highest BCUT2D eigenvalue weighted by Crippen LogP contribution is 2.42. The second-order valence-electron chi connectivity index (χ2n) is 13.0. The van der Waals surface area contributed by atoms with Crippen LogP contribution in [0.5, 0.6) is 5.75 Å². The molecule has 6 atom stereocenters. The van der Waals surface area contributed by atoms with Crippen molar-refractivity contribution in [2.45, 2.75) is 77.0 Å². The second kappa shape index (κ2) is 22.0. The molecular formula is C39H46N2O17S. The van der Waals surface area contributed by atoms with Crippen LogP contribution < -0.4 is 15.4 Å². The number of methoxy groups -OCH3 is 1. The summed E-state index contributed by atoms with van der Waals surface area (Å²) in [5.74, 6) is -5.59. The predicted octanol–water partition coefficient (Wildman–Crippen LogP) is 1.22. The Kier molecular flexibility index (Phi) is 17.2. The molecule has 2 aliphatic rings. The quantitative estimate of drug-likeness (QED) is 0.0825. The summed E-state index contributed by atoms with van der Waals surface area (Å²) in [6.45, 7) is 3.03. The number of rotatable bonds is 20. The summed E-state index contributed by atoms with van der Waals surface area (Å²) in [5, 5.41) is 5.26. The first-order valence-electron chi connectivity index (χ1n) is 18.2. The molecule has 4 rings (SSSR count). The monoisotopic (exact) mass is 846 g/mol. The number of hydrogen-bond acceptors (Lipinski definition) is 18. The molecule has 0 saturated carbocycles. The molecule has 1 saturated heterocycles. The number of terminal acetylenes is 1. The molecule has 2 aromatic rings. The number of amides is 2. The van der Waals surface area contributed by atoms with Crippen LogP contribution >= 0.6 is 11.3 Å². The van der Waals surface area contributed by atoms with Gasteiger partial charge in [-0.15, -0.1) is 17.8 Å². The summed E-state index contributed by atoms with van der Waals surface area (Å²) >= 11 is 1.21. The van der Waals surface area contributed by atoms with Gasteiger partial charge in [0.2, 0.25) is 0 Å². The summed E-state index contributed by atoms with van der Waals surface area (Å²) in [5.41, 5.74) is 1.58. The van der Waals surface area contributed by atoms with Crippen LogP contribution in [0, 0.1) is 12.3 Å². The van der Waals surface area contributed by atoms with E-state index < -0.39 is 97.5 Å². The number of fused-ring (bicyclic) bond motifs is 3. The lowest BCUT2D eigenvalue weighted by Crippen LogP contribution is -2.70. The molecule has 20 heteroatoms. The smallest absolute Gasteiger partial charge is 0.366 e. The molecule has 19 nitrogen and oxygen atoms in total. The first-order valence-corrected chi connectivity index (χ1v) is 19.1. The fourth-order valence-electron chi connectivity index (χ4n) is 6.25. The fraction of sp³-hybridized carbons (Fsp3) is 0.513. The number of thiophene rings is 1. The molecule has 2 aliphatic heterocycles. The van der Waals surface area contributed by atoms with Gasteiger partial charge in [0.05, 0.1) is 57.4 Å². The number of nitrogens with one attached hydrogen (secondary N) is 2. The molecule has 1 aromatic carbocycles. The maximum atomic E-state index is 13.7. The summed E-state index contributed by atoms with van der Waals surface area (Å²) in [6, 6.07) is 7.49. The van der Waals surface area contributed by atoms with Crippen molar-refractivity contribution in [3.63, 3.8) is 0 Å². The lowest BCUT2D eigenvalue weighted by Gasteiger charge is -2.48. The van der Waals surface area contributed by atoms with E-state index in [2.05, 4.69) is 16.6 Å². The zero-order valence-electron chi connectivity index (χ0n) is 33.1. The van der Waals surface area contributed by atoms with Gasteiger partial charge in [-0.2, -0.15) is 0 Å². The molecule has 1 aromatic heterocycles. The van der Waals surface area contributed by atoms with Crippen molar-refractivity contribution >= 4 is 53.0 Å². The Hall–Kier alpha value is -5.59. The van der Waals surface area contributed by atoms with Crippen molar-refractivity contribution in [1.82, 2.24) is 10.6 Å². The third kappa shape index (κ3) is 13.0. The normalized spacial score (nSPS) is 20.1. The second-order valence-corrected chi connectivity index (χ2v) is 14.0. The Balaban J connectivity index is 1.72. The van der Waals surface area contributed by atoms with E-state index in [9.17, 15) is 33.6 Å². The Morgan fingerprint density at radius 2 is 1.66 bits per heavy atom. The molecule has 3 heterocycles. The Labute approximate surface area is 343 Å². The van der Waals surface area contributed by atoms with Crippen LogP contribution in [0.3, 0.4) is 0 Å². The molecule has 0 spiro atoms. The van der Waals surface area contributed by atoms with E-state index >= 15 is 0 Å². The summed E-state index contributed by atoms with van der Waals surface area (Å²) < 4.78 is 55.6. The number of ether oxygens (including phenoxy) is 10. The van der Waals surface area contributed by atoms with Gasteiger partial charge in [0.15, 0.2) is 18.8 Å². The van der Waals surface area contributed by atoms with E-state index in [1.54, 1.807) is 6.07 Å². The maximum Gasteiger partial charge on any atom is 0.366 e. The molecule has 59 heavy (non-hydrogen) atoms. The minimum atomic E-state index is -2.43. The Morgan fingerprint density at radius 3 is 2.34 bits per heavy atom. The van der Waals surface area contributed by atoms with Crippen molar-refractivity contribution in [3.05, 3.63) is 40.8 Å². The van der Waals surface area contributed by atoms with Crippen molar-refractivity contribution in [3.8, 4) is 28.5 Å². The highest BCUT2D eigenvalue weighted by atomic mass is 32.1. The topological polar surface area (TPSA) is 236 Å². The minimum Gasteiger partial charge on any atom is -0.488 e. The van der Waals surface area contributed by atoms with Crippen LogP contribution in [0.4, 0.5) is 0 Å². The number of esters is 5. The maximum absolute atomic E-state index is 13.7. The molecule has 2 N–H and O–H groups in total. The van der Waals surface area contributed by atoms with Gasteiger partial charge in [-0.25, -0.2) is 4.79 Å². The highest BCUT2D eigenvalue weighted by molar-refractivity contribution is 7.17. The number of hydrogen-bond donors (Lipinski definition) is 2. The van der Waals surface area contributed by atoms with Crippen LogP contribution in [-0.2, 0) is 78.0 Å². The Morgan fingerprint density at radius 1 is 0.949 bits per heavy atom. The third-order valence-electron chi connectivity index (χ3n) is 8.54. The highest BCUT2D eigenvalue weighted by Gasteiger charge is 2.59. The summed E-state index contributed by atoms with van der Waals surface area (Å²) in [4.78, 5) is 91.2. The van der Waals surface area contributed by atoms with Gasteiger partial charge in [-0.3, -0.25) is 28.8 Å².